The molecule has 0 aliphatic rings. The van der Waals surface area contributed by atoms with E-state index in [0.29, 0.717) is 5.89 Å². The molecule has 0 aliphatic carbocycles. The van der Waals surface area contributed by atoms with Crippen LogP contribution in [0.1, 0.15) is 0 Å². The molecule has 0 aliphatic heterocycles. The van der Waals surface area contributed by atoms with Crippen LogP contribution in [0.2, 0.25) is 0 Å². The first-order valence-corrected chi connectivity index (χ1v) is 17.7. The van der Waals surface area contributed by atoms with E-state index in [-0.39, 0.29) is 0 Å². The van der Waals surface area contributed by atoms with E-state index in [0.717, 1.165) is 82.5 Å². The van der Waals surface area contributed by atoms with Gasteiger partial charge in [0.1, 0.15) is 5.52 Å². The van der Waals surface area contributed by atoms with Gasteiger partial charge in [-0.05, 0) is 81.6 Å². The van der Waals surface area contributed by atoms with Gasteiger partial charge in [0.05, 0.1) is 22.2 Å². The molecule has 7 aromatic carbocycles. The van der Waals surface area contributed by atoms with Crippen LogP contribution in [0.4, 0.5) is 0 Å². The van der Waals surface area contributed by atoms with Gasteiger partial charge in [0.15, 0.2) is 5.58 Å². The maximum Gasteiger partial charge on any atom is 0.227 e. The molecule has 11 rings (SSSR count). The van der Waals surface area contributed by atoms with Gasteiger partial charge in [-0.15, -0.1) is 0 Å². The summed E-state index contributed by atoms with van der Waals surface area (Å²) in [7, 11) is 0. The predicted molar refractivity (Wildman–Crippen MR) is 217 cm³/mol. The van der Waals surface area contributed by atoms with Crippen LogP contribution in [0.5, 0.6) is 0 Å². The van der Waals surface area contributed by atoms with Crippen molar-refractivity contribution in [1.82, 2.24) is 19.9 Å². The second-order valence-electron chi connectivity index (χ2n) is 13.4. The summed E-state index contributed by atoms with van der Waals surface area (Å²) in [5, 5.41) is 7.70. The zero-order valence-electron chi connectivity index (χ0n) is 28.4. The molecule has 0 saturated heterocycles. The molecule has 5 heteroatoms. The van der Waals surface area contributed by atoms with E-state index in [1.807, 2.05) is 67.0 Å². The molecule has 4 aromatic heterocycles. The van der Waals surface area contributed by atoms with Crippen LogP contribution in [0, 0.1) is 0 Å². The summed E-state index contributed by atoms with van der Waals surface area (Å²) in [5.41, 5.74) is 11.9. The maximum atomic E-state index is 6.30. The van der Waals surface area contributed by atoms with Gasteiger partial charge in [0.2, 0.25) is 5.89 Å². The third-order valence-corrected chi connectivity index (χ3v) is 10.4. The minimum Gasteiger partial charge on any atom is -0.436 e. The molecule has 4 heterocycles. The van der Waals surface area contributed by atoms with Crippen LogP contribution in [0.3, 0.4) is 0 Å². The largest absolute Gasteiger partial charge is 0.436 e. The van der Waals surface area contributed by atoms with E-state index in [4.69, 9.17) is 19.4 Å². The molecule has 0 unspecified atom stereocenters. The summed E-state index contributed by atoms with van der Waals surface area (Å²) in [6.45, 7) is 0. The topological polar surface area (TPSA) is 64.7 Å². The average molecular weight is 677 g/mol. The van der Waals surface area contributed by atoms with Crippen molar-refractivity contribution in [2.75, 3.05) is 0 Å². The lowest BCUT2D eigenvalue weighted by Gasteiger charge is -2.15. The Hall–Kier alpha value is -7.24. The third kappa shape index (κ3) is 4.64. The van der Waals surface area contributed by atoms with Crippen molar-refractivity contribution in [1.29, 1.82) is 0 Å². The number of nitrogens with zero attached hydrogens (tertiary/aromatic N) is 4. The van der Waals surface area contributed by atoms with Crippen LogP contribution in [0.15, 0.2) is 175 Å². The zero-order chi connectivity index (χ0) is 34.9. The fourth-order valence-corrected chi connectivity index (χ4v) is 7.94. The Morgan fingerprint density at radius 1 is 0.396 bits per heavy atom. The number of benzene rings is 7. The number of aromatic nitrogens is 4. The van der Waals surface area contributed by atoms with E-state index >= 15 is 0 Å². The highest BCUT2D eigenvalue weighted by Crippen LogP contribution is 2.42. The van der Waals surface area contributed by atoms with E-state index in [2.05, 4.69) is 108 Å². The SMILES string of the molecule is c1ccc(-c2nc3c(ccc4c(-c5ccc(-c6ccc(-c7cc8cccnc8c8ncccc78)c7ccccc67)cc5)nc5ccccc5c43)o2)cc1. The van der Waals surface area contributed by atoms with Gasteiger partial charge in [-0.2, -0.15) is 0 Å². The Labute approximate surface area is 303 Å². The molecule has 0 bridgehead atoms. The zero-order valence-corrected chi connectivity index (χ0v) is 28.4. The Morgan fingerprint density at radius 2 is 1.08 bits per heavy atom. The standard InChI is InChI=1S/C48H28N4O/c1-2-10-31(11-3-1)48-52-47-42(53-48)25-24-39-43(47)38-15-6-7-17-41(38)51-44(39)30-20-18-29(19-21-30)33-22-23-36(35-14-5-4-13-34(33)35)40-28-32-12-8-26-49-45(32)46-37(40)16-9-27-50-46/h1-28H. The van der Waals surface area contributed by atoms with Crippen molar-refractivity contribution in [3.63, 3.8) is 0 Å². The molecular weight excluding hydrogens is 649 g/mol. The van der Waals surface area contributed by atoms with Gasteiger partial charge < -0.3 is 4.42 Å². The Balaban J connectivity index is 1.05. The van der Waals surface area contributed by atoms with Crippen molar-refractivity contribution in [2.45, 2.75) is 0 Å². The van der Waals surface area contributed by atoms with Crippen LogP contribution in [-0.4, -0.2) is 19.9 Å². The molecule has 0 spiro atoms. The Kier molecular flexibility index (Phi) is 6.48. The highest BCUT2D eigenvalue weighted by atomic mass is 16.3. The number of oxazole rings is 1. The number of fused-ring (bicyclic) bond motifs is 9. The summed E-state index contributed by atoms with van der Waals surface area (Å²) in [6.07, 6.45) is 3.68. The molecule has 0 radical (unpaired) electrons. The number of rotatable bonds is 4. The minimum absolute atomic E-state index is 0.612. The van der Waals surface area contributed by atoms with E-state index in [1.165, 1.54) is 21.9 Å². The number of para-hydroxylation sites is 1. The first kappa shape index (κ1) is 29.5. The van der Waals surface area contributed by atoms with Crippen molar-refractivity contribution >= 4 is 65.4 Å². The second-order valence-corrected chi connectivity index (χ2v) is 13.4. The van der Waals surface area contributed by atoms with Crippen molar-refractivity contribution in [2.24, 2.45) is 0 Å². The highest BCUT2D eigenvalue weighted by Gasteiger charge is 2.19. The lowest BCUT2D eigenvalue weighted by Crippen LogP contribution is -1.92. The molecule has 246 valence electrons. The average Bonchev–Trinajstić information content (AvgIpc) is 3.68. The summed E-state index contributed by atoms with van der Waals surface area (Å²) in [5.74, 6) is 0.612. The van der Waals surface area contributed by atoms with Crippen molar-refractivity contribution in [3.05, 3.63) is 170 Å². The summed E-state index contributed by atoms with van der Waals surface area (Å²) in [6, 6.07) is 54.9. The lowest BCUT2D eigenvalue weighted by atomic mass is 9.89. The third-order valence-electron chi connectivity index (χ3n) is 10.4. The Morgan fingerprint density at radius 3 is 1.92 bits per heavy atom. The fourth-order valence-electron chi connectivity index (χ4n) is 7.94. The normalized spacial score (nSPS) is 11.8. The van der Waals surface area contributed by atoms with Gasteiger partial charge in [-0.3, -0.25) is 9.97 Å². The predicted octanol–water partition coefficient (Wildman–Crippen LogP) is 12.4. The monoisotopic (exact) mass is 676 g/mol. The van der Waals surface area contributed by atoms with Crippen LogP contribution in [0.25, 0.3) is 110 Å². The first-order valence-electron chi connectivity index (χ1n) is 17.7. The maximum absolute atomic E-state index is 6.30. The molecule has 11 aromatic rings. The van der Waals surface area contributed by atoms with Crippen LogP contribution < -0.4 is 0 Å². The number of pyridine rings is 3. The number of hydrogen-bond acceptors (Lipinski definition) is 5. The molecule has 0 atom stereocenters. The molecule has 53 heavy (non-hydrogen) atoms. The highest BCUT2D eigenvalue weighted by molar-refractivity contribution is 6.21. The molecule has 0 N–H and O–H groups in total. The van der Waals surface area contributed by atoms with Gasteiger partial charge in [-0.25, -0.2) is 9.97 Å². The number of hydrogen-bond donors (Lipinski definition) is 0. The summed E-state index contributed by atoms with van der Waals surface area (Å²) >= 11 is 0. The van der Waals surface area contributed by atoms with E-state index in [1.54, 1.807) is 0 Å². The van der Waals surface area contributed by atoms with E-state index in [9.17, 15) is 0 Å². The van der Waals surface area contributed by atoms with E-state index < -0.39 is 0 Å². The van der Waals surface area contributed by atoms with Crippen molar-refractivity contribution in [3.8, 4) is 45.0 Å². The van der Waals surface area contributed by atoms with Crippen LogP contribution in [-0.2, 0) is 0 Å². The summed E-state index contributed by atoms with van der Waals surface area (Å²) < 4.78 is 6.30. The van der Waals surface area contributed by atoms with Gasteiger partial charge in [0.25, 0.3) is 0 Å². The Bertz CT molecular complexity index is 3220. The quantitative estimate of drug-likeness (QED) is 0.174. The van der Waals surface area contributed by atoms with Gasteiger partial charge >= 0.3 is 0 Å². The van der Waals surface area contributed by atoms with Crippen LogP contribution >= 0.6 is 0 Å². The summed E-state index contributed by atoms with van der Waals surface area (Å²) in [4.78, 5) is 19.7. The lowest BCUT2D eigenvalue weighted by molar-refractivity contribution is 0.620. The fraction of sp³-hybridized carbons (Fsp3) is 0. The first-order chi connectivity index (χ1) is 26.3. The smallest absolute Gasteiger partial charge is 0.227 e. The molecule has 0 amide bonds. The molecule has 5 nitrogen and oxygen atoms in total. The van der Waals surface area contributed by atoms with Gasteiger partial charge in [0, 0.05) is 50.5 Å². The van der Waals surface area contributed by atoms with Gasteiger partial charge in [-0.1, -0.05) is 109 Å². The molecule has 0 fully saturated rings. The molecular formula is C48H28N4O. The minimum atomic E-state index is 0.612. The second kappa shape index (κ2) is 11.7. The van der Waals surface area contributed by atoms with Crippen molar-refractivity contribution < 1.29 is 4.42 Å². The molecule has 0 saturated carbocycles.